The highest BCUT2D eigenvalue weighted by molar-refractivity contribution is 6.31. The van der Waals surface area contributed by atoms with Gasteiger partial charge in [0.25, 0.3) is 0 Å². The highest BCUT2D eigenvalue weighted by atomic mass is 35.5. The Hall–Kier alpha value is -1.80. The molecule has 0 saturated carbocycles. The molecule has 1 aromatic rings. The molecular formula is C11H12ClN3O2. The molecular weight excluding hydrogens is 242 g/mol. The molecule has 90 valence electrons. The van der Waals surface area contributed by atoms with Crippen molar-refractivity contribution in [3.8, 4) is 6.07 Å². The minimum atomic E-state index is -0.981. The van der Waals surface area contributed by atoms with E-state index in [0.29, 0.717) is 22.0 Å². The monoisotopic (exact) mass is 253 g/mol. The normalized spacial score (nSPS) is 11.7. The molecule has 1 aromatic heterocycles. The second-order valence-corrected chi connectivity index (χ2v) is 4.07. The number of aromatic nitrogens is 1. The highest BCUT2D eigenvalue weighted by Crippen LogP contribution is 2.26. The average Bonchev–Trinajstić information content (AvgIpc) is 2.30. The maximum Gasteiger partial charge on any atom is 0.326 e. The summed E-state index contributed by atoms with van der Waals surface area (Å²) in [5, 5.41) is 18.4. The SMILES string of the molecule is Cc1c(Cl)cnc(N(C)C(C)C(=O)O)c1C#N. The summed E-state index contributed by atoms with van der Waals surface area (Å²) >= 11 is 5.86. The quantitative estimate of drug-likeness (QED) is 0.889. The van der Waals surface area contributed by atoms with Crippen LogP contribution in [0.25, 0.3) is 0 Å². The first-order chi connectivity index (χ1) is 7.90. The van der Waals surface area contributed by atoms with E-state index in [4.69, 9.17) is 22.0 Å². The Kier molecular flexibility index (Phi) is 3.92. The van der Waals surface area contributed by atoms with Gasteiger partial charge in [-0.3, -0.25) is 0 Å². The summed E-state index contributed by atoms with van der Waals surface area (Å²) in [6, 6.07) is 1.23. The number of carboxylic acid groups (broad SMARTS) is 1. The minimum absolute atomic E-state index is 0.299. The average molecular weight is 254 g/mol. The molecule has 1 rings (SSSR count). The molecule has 1 heterocycles. The molecule has 0 amide bonds. The van der Waals surface area contributed by atoms with E-state index in [1.54, 1.807) is 14.0 Å². The van der Waals surface area contributed by atoms with Crippen LogP contribution in [-0.2, 0) is 4.79 Å². The summed E-state index contributed by atoms with van der Waals surface area (Å²) in [6.45, 7) is 3.22. The van der Waals surface area contributed by atoms with Crippen molar-refractivity contribution in [1.29, 1.82) is 5.26 Å². The van der Waals surface area contributed by atoms with Crippen LogP contribution < -0.4 is 4.90 Å². The number of halogens is 1. The Bertz CT molecular complexity index is 496. The third-order valence-corrected chi connectivity index (χ3v) is 3.02. The number of carbonyl (C=O) groups is 1. The van der Waals surface area contributed by atoms with Crippen LogP contribution in [0.15, 0.2) is 6.20 Å². The maximum atomic E-state index is 10.9. The minimum Gasteiger partial charge on any atom is -0.480 e. The Morgan fingerprint density at radius 1 is 1.71 bits per heavy atom. The third-order valence-electron chi connectivity index (χ3n) is 2.64. The van der Waals surface area contributed by atoms with E-state index in [-0.39, 0.29) is 0 Å². The summed E-state index contributed by atoms with van der Waals surface area (Å²) in [7, 11) is 1.58. The van der Waals surface area contributed by atoms with Crippen LogP contribution in [0.2, 0.25) is 5.02 Å². The first-order valence-corrected chi connectivity index (χ1v) is 5.28. The Morgan fingerprint density at radius 2 is 2.29 bits per heavy atom. The molecule has 0 spiro atoms. The van der Waals surface area contributed by atoms with Crippen molar-refractivity contribution in [1.82, 2.24) is 4.98 Å². The van der Waals surface area contributed by atoms with Crippen molar-refractivity contribution in [3.63, 3.8) is 0 Å². The number of hydrogen-bond donors (Lipinski definition) is 1. The van der Waals surface area contributed by atoms with E-state index < -0.39 is 12.0 Å². The fourth-order valence-electron chi connectivity index (χ4n) is 1.32. The van der Waals surface area contributed by atoms with Gasteiger partial charge in [-0.05, 0) is 19.4 Å². The Balaban J connectivity index is 3.29. The first-order valence-electron chi connectivity index (χ1n) is 4.91. The van der Waals surface area contributed by atoms with Gasteiger partial charge in [0.05, 0.1) is 10.6 Å². The molecule has 0 aliphatic heterocycles. The number of aliphatic carboxylic acids is 1. The predicted octanol–water partition coefficient (Wildman–Crippen LogP) is 1.82. The highest BCUT2D eigenvalue weighted by Gasteiger charge is 2.22. The van der Waals surface area contributed by atoms with Crippen LogP contribution in [-0.4, -0.2) is 29.1 Å². The maximum absolute atomic E-state index is 10.9. The van der Waals surface area contributed by atoms with Crippen molar-refractivity contribution in [3.05, 3.63) is 22.3 Å². The number of pyridine rings is 1. The van der Waals surface area contributed by atoms with Gasteiger partial charge < -0.3 is 10.0 Å². The molecule has 0 fully saturated rings. The number of nitrogens with zero attached hydrogens (tertiary/aromatic N) is 3. The number of anilines is 1. The van der Waals surface area contributed by atoms with Gasteiger partial charge in [-0.1, -0.05) is 11.6 Å². The van der Waals surface area contributed by atoms with Gasteiger partial charge in [-0.15, -0.1) is 0 Å². The second-order valence-electron chi connectivity index (χ2n) is 3.67. The molecule has 1 unspecified atom stereocenters. The van der Waals surface area contributed by atoms with Crippen LogP contribution in [0.4, 0.5) is 5.82 Å². The standard InChI is InChI=1S/C11H12ClN3O2/c1-6-8(4-13)10(14-5-9(6)12)15(3)7(2)11(16)17/h5,7H,1-3H3,(H,16,17). The fourth-order valence-corrected chi connectivity index (χ4v) is 1.46. The van der Waals surface area contributed by atoms with Crippen molar-refractivity contribution in [2.45, 2.75) is 19.9 Å². The van der Waals surface area contributed by atoms with E-state index in [1.165, 1.54) is 18.0 Å². The van der Waals surface area contributed by atoms with Crippen LogP contribution in [0, 0.1) is 18.3 Å². The largest absolute Gasteiger partial charge is 0.480 e. The van der Waals surface area contributed by atoms with Gasteiger partial charge in [0.2, 0.25) is 0 Å². The molecule has 1 N–H and O–H groups in total. The van der Waals surface area contributed by atoms with Gasteiger partial charge in [0, 0.05) is 13.2 Å². The molecule has 0 radical (unpaired) electrons. The van der Waals surface area contributed by atoms with Crippen LogP contribution in [0.5, 0.6) is 0 Å². The number of rotatable bonds is 3. The summed E-state index contributed by atoms with van der Waals surface area (Å²) < 4.78 is 0. The lowest BCUT2D eigenvalue weighted by Crippen LogP contribution is -2.36. The van der Waals surface area contributed by atoms with Crippen LogP contribution in [0.3, 0.4) is 0 Å². The van der Waals surface area contributed by atoms with Gasteiger partial charge in [-0.2, -0.15) is 5.26 Å². The smallest absolute Gasteiger partial charge is 0.326 e. The summed E-state index contributed by atoms with van der Waals surface area (Å²) in [5.74, 6) is -0.657. The van der Waals surface area contributed by atoms with E-state index in [0.717, 1.165) is 0 Å². The van der Waals surface area contributed by atoms with Crippen molar-refractivity contribution < 1.29 is 9.90 Å². The lowest BCUT2D eigenvalue weighted by molar-refractivity contribution is -0.138. The van der Waals surface area contributed by atoms with Crippen molar-refractivity contribution in [2.75, 3.05) is 11.9 Å². The lowest BCUT2D eigenvalue weighted by atomic mass is 10.1. The molecule has 1 atom stereocenters. The predicted molar refractivity (Wildman–Crippen MR) is 64.2 cm³/mol. The number of carboxylic acids is 1. The Morgan fingerprint density at radius 3 is 2.76 bits per heavy atom. The van der Waals surface area contributed by atoms with E-state index in [1.807, 2.05) is 6.07 Å². The van der Waals surface area contributed by atoms with Gasteiger partial charge in [0.1, 0.15) is 17.9 Å². The van der Waals surface area contributed by atoms with Gasteiger partial charge in [0.15, 0.2) is 0 Å². The molecule has 0 aromatic carbocycles. The van der Waals surface area contributed by atoms with Crippen molar-refractivity contribution >= 4 is 23.4 Å². The zero-order chi connectivity index (χ0) is 13.2. The summed E-state index contributed by atoms with van der Waals surface area (Å²) in [4.78, 5) is 16.3. The van der Waals surface area contributed by atoms with Crippen LogP contribution in [0.1, 0.15) is 18.1 Å². The molecule has 6 heteroatoms. The fraction of sp³-hybridized carbons (Fsp3) is 0.364. The van der Waals surface area contributed by atoms with E-state index >= 15 is 0 Å². The third kappa shape index (κ3) is 2.48. The number of hydrogen-bond acceptors (Lipinski definition) is 4. The van der Waals surface area contributed by atoms with Crippen molar-refractivity contribution in [2.24, 2.45) is 0 Å². The molecule has 0 aliphatic carbocycles. The van der Waals surface area contributed by atoms with E-state index in [9.17, 15) is 4.79 Å². The summed E-state index contributed by atoms with van der Waals surface area (Å²) in [5.41, 5.74) is 0.900. The molecule has 0 saturated heterocycles. The first kappa shape index (κ1) is 13.3. The van der Waals surface area contributed by atoms with E-state index in [2.05, 4.69) is 4.98 Å². The topological polar surface area (TPSA) is 77.2 Å². The van der Waals surface area contributed by atoms with Gasteiger partial charge in [-0.25, -0.2) is 9.78 Å². The van der Waals surface area contributed by atoms with Gasteiger partial charge >= 0.3 is 5.97 Å². The molecule has 17 heavy (non-hydrogen) atoms. The molecule has 0 bridgehead atoms. The summed E-state index contributed by atoms with van der Waals surface area (Å²) in [6.07, 6.45) is 1.41. The molecule has 0 aliphatic rings. The molecule has 5 nitrogen and oxygen atoms in total. The second kappa shape index (κ2) is 5.02. The zero-order valence-corrected chi connectivity index (χ0v) is 10.5. The van der Waals surface area contributed by atoms with Crippen LogP contribution >= 0.6 is 11.6 Å². The number of nitriles is 1. The Labute approximate surface area is 104 Å². The lowest BCUT2D eigenvalue weighted by Gasteiger charge is -2.24. The number of likely N-dealkylation sites (N-methyl/N-ethyl adjacent to an activating group) is 1. The zero-order valence-electron chi connectivity index (χ0n) is 9.73.